The first kappa shape index (κ1) is 19.9. The molecule has 1 amide bonds. The summed E-state index contributed by atoms with van der Waals surface area (Å²) in [6.07, 6.45) is 0.634. The van der Waals surface area contributed by atoms with Gasteiger partial charge < -0.3 is 9.73 Å². The lowest BCUT2D eigenvalue weighted by molar-refractivity contribution is -0.116. The Balaban J connectivity index is 1.53. The average Bonchev–Trinajstić information content (AvgIpc) is 3.20. The van der Waals surface area contributed by atoms with Gasteiger partial charge in [-0.05, 0) is 24.6 Å². The number of carbonyl (C=O) groups excluding carboxylic acids is 1. The molecule has 3 aromatic carbocycles. The standard InChI is InChI=1S/C25H21ClN2O2/c1-17-12-13-21(20(26)16-17)27-22(29)14-15-23-28-24(18-8-4-2-5-9-18)25(30-23)19-10-6-3-7-11-19/h2-13,16H,14-15H2,1H3,(H,27,29). The third-order valence-corrected chi connectivity index (χ3v) is 5.03. The maximum absolute atomic E-state index is 12.4. The van der Waals surface area contributed by atoms with E-state index in [1.807, 2.05) is 85.8 Å². The molecule has 1 aromatic heterocycles. The van der Waals surface area contributed by atoms with Gasteiger partial charge >= 0.3 is 0 Å². The molecule has 4 nitrogen and oxygen atoms in total. The average molecular weight is 417 g/mol. The van der Waals surface area contributed by atoms with Crippen LogP contribution in [0.2, 0.25) is 5.02 Å². The molecular formula is C25H21ClN2O2. The van der Waals surface area contributed by atoms with Gasteiger partial charge in [-0.1, -0.05) is 78.3 Å². The first-order chi connectivity index (χ1) is 14.6. The van der Waals surface area contributed by atoms with E-state index in [4.69, 9.17) is 21.0 Å². The summed E-state index contributed by atoms with van der Waals surface area (Å²) >= 11 is 6.20. The highest BCUT2D eigenvalue weighted by Crippen LogP contribution is 2.33. The van der Waals surface area contributed by atoms with Crippen molar-refractivity contribution in [3.8, 4) is 22.6 Å². The minimum absolute atomic E-state index is 0.138. The second-order valence-corrected chi connectivity index (χ2v) is 7.46. The molecule has 4 rings (SSSR count). The molecule has 4 aromatic rings. The first-order valence-electron chi connectivity index (χ1n) is 9.77. The van der Waals surface area contributed by atoms with E-state index in [-0.39, 0.29) is 12.3 Å². The summed E-state index contributed by atoms with van der Waals surface area (Å²) in [5.74, 6) is 1.10. The van der Waals surface area contributed by atoms with Crippen molar-refractivity contribution in [1.29, 1.82) is 0 Å². The molecule has 0 saturated heterocycles. The predicted molar refractivity (Wildman–Crippen MR) is 121 cm³/mol. The third kappa shape index (κ3) is 4.61. The third-order valence-electron chi connectivity index (χ3n) is 4.72. The topological polar surface area (TPSA) is 55.1 Å². The number of rotatable bonds is 6. The maximum atomic E-state index is 12.4. The van der Waals surface area contributed by atoms with E-state index in [0.29, 0.717) is 28.8 Å². The van der Waals surface area contributed by atoms with Crippen molar-refractivity contribution in [2.45, 2.75) is 19.8 Å². The number of aromatic nitrogens is 1. The Bertz CT molecular complexity index is 1100. The van der Waals surface area contributed by atoms with Crippen molar-refractivity contribution >= 4 is 23.2 Å². The van der Waals surface area contributed by atoms with Crippen LogP contribution < -0.4 is 5.32 Å². The Kier molecular flexibility index (Phi) is 5.96. The maximum Gasteiger partial charge on any atom is 0.224 e. The summed E-state index contributed by atoms with van der Waals surface area (Å²) in [6.45, 7) is 1.95. The largest absolute Gasteiger partial charge is 0.440 e. The van der Waals surface area contributed by atoms with Crippen LogP contribution in [-0.2, 0) is 11.2 Å². The van der Waals surface area contributed by atoms with Gasteiger partial charge in [0.25, 0.3) is 0 Å². The summed E-state index contributed by atoms with van der Waals surface area (Å²) in [4.78, 5) is 17.1. The highest BCUT2D eigenvalue weighted by atomic mass is 35.5. The molecule has 0 aliphatic carbocycles. The number of halogens is 1. The zero-order chi connectivity index (χ0) is 20.9. The van der Waals surface area contributed by atoms with Gasteiger partial charge in [0.1, 0.15) is 5.69 Å². The van der Waals surface area contributed by atoms with E-state index in [1.165, 1.54) is 0 Å². The molecule has 1 N–H and O–H groups in total. The summed E-state index contributed by atoms with van der Waals surface area (Å²) < 4.78 is 6.08. The molecule has 0 aliphatic rings. The highest BCUT2D eigenvalue weighted by Gasteiger charge is 2.17. The number of nitrogens with one attached hydrogen (secondary N) is 1. The van der Waals surface area contributed by atoms with E-state index >= 15 is 0 Å². The highest BCUT2D eigenvalue weighted by molar-refractivity contribution is 6.33. The van der Waals surface area contributed by atoms with Crippen LogP contribution in [0.4, 0.5) is 5.69 Å². The van der Waals surface area contributed by atoms with Crippen LogP contribution in [0.25, 0.3) is 22.6 Å². The molecule has 0 saturated carbocycles. The number of hydrogen-bond acceptors (Lipinski definition) is 3. The summed E-state index contributed by atoms with van der Waals surface area (Å²) in [5, 5.41) is 3.38. The molecule has 0 atom stereocenters. The minimum Gasteiger partial charge on any atom is -0.440 e. The smallest absolute Gasteiger partial charge is 0.224 e. The van der Waals surface area contributed by atoms with Crippen LogP contribution in [0, 0.1) is 6.92 Å². The molecule has 0 bridgehead atoms. The van der Waals surface area contributed by atoms with Crippen molar-refractivity contribution in [3.63, 3.8) is 0 Å². The fourth-order valence-electron chi connectivity index (χ4n) is 3.20. The zero-order valence-corrected chi connectivity index (χ0v) is 17.3. The van der Waals surface area contributed by atoms with Crippen molar-refractivity contribution in [2.24, 2.45) is 0 Å². The lowest BCUT2D eigenvalue weighted by atomic mass is 10.1. The number of oxazole rings is 1. The van der Waals surface area contributed by atoms with Crippen LogP contribution in [0.1, 0.15) is 17.9 Å². The zero-order valence-electron chi connectivity index (χ0n) is 16.6. The van der Waals surface area contributed by atoms with E-state index < -0.39 is 0 Å². The number of amides is 1. The molecule has 0 spiro atoms. The molecule has 0 unspecified atom stereocenters. The SMILES string of the molecule is Cc1ccc(NC(=O)CCc2nc(-c3ccccc3)c(-c3ccccc3)o2)c(Cl)c1. The second kappa shape index (κ2) is 8.97. The van der Waals surface area contributed by atoms with Gasteiger partial charge in [-0.15, -0.1) is 0 Å². The predicted octanol–water partition coefficient (Wildman–Crippen LogP) is 6.54. The van der Waals surface area contributed by atoms with Crippen LogP contribution >= 0.6 is 11.6 Å². The molecule has 150 valence electrons. The summed E-state index contributed by atoms with van der Waals surface area (Å²) in [6, 6.07) is 25.3. The van der Waals surface area contributed by atoms with Crippen LogP contribution in [0.3, 0.4) is 0 Å². The van der Waals surface area contributed by atoms with Gasteiger partial charge in [-0.2, -0.15) is 0 Å². The van der Waals surface area contributed by atoms with Gasteiger partial charge in [0.15, 0.2) is 11.7 Å². The Labute approximate surface area is 180 Å². The number of anilines is 1. The number of nitrogens with zero attached hydrogens (tertiary/aromatic N) is 1. The minimum atomic E-state index is -0.138. The summed E-state index contributed by atoms with van der Waals surface area (Å²) in [7, 11) is 0. The van der Waals surface area contributed by atoms with Gasteiger partial charge in [-0.3, -0.25) is 4.79 Å². The van der Waals surface area contributed by atoms with Crippen molar-refractivity contribution in [2.75, 3.05) is 5.32 Å². The van der Waals surface area contributed by atoms with Gasteiger partial charge in [0.2, 0.25) is 5.91 Å². The monoisotopic (exact) mass is 416 g/mol. The fourth-order valence-corrected chi connectivity index (χ4v) is 3.49. The molecule has 0 fully saturated rings. The first-order valence-corrected chi connectivity index (χ1v) is 10.1. The van der Waals surface area contributed by atoms with E-state index in [1.54, 1.807) is 0 Å². The normalized spacial score (nSPS) is 10.7. The molecule has 5 heteroatoms. The van der Waals surface area contributed by atoms with Crippen LogP contribution in [-0.4, -0.2) is 10.9 Å². The number of benzene rings is 3. The van der Waals surface area contributed by atoms with Gasteiger partial charge in [0.05, 0.1) is 10.7 Å². The number of aryl methyl sites for hydroxylation is 2. The quantitative estimate of drug-likeness (QED) is 0.388. The number of hydrogen-bond donors (Lipinski definition) is 1. The molecule has 0 aliphatic heterocycles. The Morgan fingerprint density at radius 3 is 2.30 bits per heavy atom. The molecule has 0 radical (unpaired) electrons. The second-order valence-electron chi connectivity index (χ2n) is 7.05. The fraction of sp³-hybridized carbons (Fsp3) is 0.120. The van der Waals surface area contributed by atoms with E-state index in [0.717, 1.165) is 22.4 Å². The Hall–Kier alpha value is -3.37. The Morgan fingerprint density at radius 1 is 0.967 bits per heavy atom. The molecule has 30 heavy (non-hydrogen) atoms. The van der Waals surface area contributed by atoms with Crippen LogP contribution in [0.15, 0.2) is 83.3 Å². The Morgan fingerprint density at radius 2 is 1.63 bits per heavy atom. The van der Waals surface area contributed by atoms with Crippen molar-refractivity contribution in [1.82, 2.24) is 4.98 Å². The van der Waals surface area contributed by atoms with E-state index in [2.05, 4.69) is 5.32 Å². The summed E-state index contributed by atoms with van der Waals surface area (Å²) in [5.41, 5.74) is 4.35. The number of carbonyl (C=O) groups is 1. The van der Waals surface area contributed by atoms with Crippen molar-refractivity contribution in [3.05, 3.63) is 95.3 Å². The lowest BCUT2D eigenvalue weighted by Crippen LogP contribution is -2.12. The molecule has 1 heterocycles. The van der Waals surface area contributed by atoms with Gasteiger partial charge in [-0.25, -0.2) is 4.98 Å². The van der Waals surface area contributed by atoms with Gasteiger partial charge in [0, 0.05) is 24.0 Å². The van der Waals surface area contributed by atoms with E-state index in [9.17, 15) is 4.79 Å². The van der Waals surface area contributed by atoms with Crippen LogP contribution in [0.5, 0.6) is 0 Å². The van der Waals surface area contributed by atoms with Crippen molar-refractivity contribution < 1.29 is 9.21 Å². The lowest BCUT2D eigenvalue weighted by Gasteiger charge is -2.07. The molecular weight excluding hydrogens is 396 g/mol.